The number of morpholine rings is 1. The van der Waals surface area contributed by atoms with E-state index < -0.39 is 0 Å². The summed E-state index contributed by atoms with van der Waals surface area (Å²) in [6.07, 6.45) is 0.265. The van der Waals surface area contributed by atoms with Crippen molar-refractivity contribution in [2.45, 2.75) is 19.6 Å². The highest BCUT2D eigenvalue weighted by atomic mass is 16.5. The van der Waals surface area contributed by atoms with Gasteiger partial charge in [-0.15, -0.1) is 0 Å². The second kappa shape index (κ2) is 7.30. The Morgan fingerprint density at radius 1 is 1.50 bits per heavy atom. The normalized spacial score (nSPS) is 19.2. The Morgan fingerprint density at radius 3 is 3.05 bits per heavy atom. The predicted octanol–water partition coefficient (Wildman–Crippen LogP) is 1.26. The van der Waals surface area contributed by atoms with Crippen molar-refractivity contribution < 1.29 is 14.6 Å². The maximum Gasteiger partial charge on any atom is 0.119 e. The Kier molecular flexibility index (Phi) is 5.42. The molecule has 2 rings (SSSR count). The van der Waals surface area contributed by atoms with E-state index in [9.17, 15) is 0 Å². The Hall–Kier alpha value is -1.54. The quantitative estimate of drug-likeness (QED) is 0.843. The van der Waals surface area contributed by atoms with E-state index in [4.69, 9.17) is 14.6 Å². The molecule has 1 unspecified atom stereocenters. The molecule has 0 aromatic heterocycles. The van der Waals surface area contributed by atoms with Crippen molar-refractivity contribution in [3.63, 3.8) is 0 Å². The second-order valence-electron chi connectivity index (χ2n) is 4.90. The molecule has 20 heavy (non-hydrogen) atoms. The highest BCUT2D eigenvalue weighted by molar-refractivity contribution is 5.45. The van der Waals surface area contributed by atoms with Crippen LogP contribution < -0.4 is 4.74 Å². The fourth-order valence-electron chi connectivity index (χ4n) is 2.36. The zero-order chi connectivity index (χ0) is 14.4. The third kappa shape index (κ3) is 3.97. The van der Waals surface area contributed by atoms with Crippen molar-refractivity contribution in [3.8, 4) is 17.6 Å². The van der Waals surface area contributed by atoms with Gasteiger partial charge in [-0.25, -0.2) is 0 Å². The van der Waals surface area contributed by atoms with Crippen molar-refractivity contribution in [1.29, 1.82) is 0 Å². The lowest BCUT2D eigenvalue weighted by atomic mass is 10.1. The first-order valence-electron chi connectivity index (χ1n) is 6.83. The number of aliphatic hydroxyl groups excluding tert-OH is 1. The number of hydrogen-bond donors (Lipinski definition) is 1. The van der Waals surface area contributed by atoms with Gasteiger partial charge in [0.15, 0.2) is 0 Å². The lowest BCUT2D eigenvalue weighted by Gasteiger charge is -2.31. The summed E-state index contributed by atoms with van der Waals surface area (Å²) in [5, 5.41) is 8.85. The minimum atomic E-state index is -0.125. The molecule has 1 aliphatic heterocycles. The van der Waals surface area contributed by atoms with Crippen LogP contribution in [-0.2, 0) is 11.3 Å². The topological polar surface area (TPSA) is 41.9 Å². The number of hydrogen-bond acceptors (Lipinski definition) is 4. The fraction of sp³-hybridized carbons (Fsp3) is 0.500. The Labute approximate surface area is 120 Å². The van der Waals surface area contributed by atoms with Crippen molar-refractivity contribution in [2.24, 2.45) is 0 Å². The van der Waals surface area contributed by atoms with Gasteiger partial charge < -0.3 is 14.6 Å². The summed E-state index contributed by atoms with van der Waals surface area (Å²) in [4.78, 5) is 2.35. The van der Waals surface area contributed by atoms with Crippen LogP contribution in [0.25, 0.3) is 0 Å². The Morgan fingerprint density at radius 2 is 2.35 bits per heavy atom. The average Bonchev–Trinajstić information content (AvgIpc) is 2.46. The molecular weight excluding hydrogens is 254 g/mol. The smallest absolute Gasteiger partial charge is 0.119 e. The van der Waals surface area contributed by atoms with Crippen LogP contribution >= 0.6 is 0 Å². The second-order valence-corrected chi connectivity index (χ2v) is 4.90. The average molecular weight is 275 g/mol. The van der Waals surface area contributed by atoms with Gasteiger partial charge >= 0.3 is 0 Å². The summed E-state index contributed by atoms with van der Waals surface area (Å²) in [5.41, 5.74) is 2.07. The Bertz CT molecular complexity index is 504. The molecule has 108 valence electrons. The standard InChI is InChI=1S/C16H21NO3/c1-13-11-17(7-9-20-13)12-15-10-16(19-2)6-5-14(15)4-3-8-18/h5-6,10,13,18H,7-9,11-12H2,1-2H3. The van der Waals surface area contributed by atoms with E-state index in [-0.39, 0.29) is 12.7 Å². The molecule has 1 saturated heterocycles. The van der Waals surface area contributed by atoms with Crippen molar-refractivity contribution in [3.05, 3.63) is 29.3 Å². The monoisotopic (exact) mass is 275 g/mol. The minimum Gasteiger partial charge on any atom is -0.497 e. The van der Waals surface area contributed by atoms with Crippen molar-refractivity contribution in [1.82, 2.24) is 4.90 Å². The number of ether oxygens (including phenoxy) is 2. The highest BCUT2D eigenvalue weighted by Gasteiger charge is 2.17. The van der Waals surface area contributed by atoms with Gasteiger partial charge in [-0.1, -0.05) is 11.8 Å². The van der Waals surface area contributed by atoms with E-state index in [2.05, 4.69) is 23.7 Å². The van der Waals surface area contributed by atoms with Gasteiger partial charge in [0, 0.05) is 25.2 Å². The van der Waals surface area contributed by atoms with E-state index in [1.165, 1.54) is 0 Å². The van der Waals surface area contributed by atoms with Crippen LogP contribution in [0.4, 0.5) is 0 Å². The minimum absolute atomic E-state index is 0.125. The molecule has 4 nitrogen and oxygen atoms in total. The van der Waals surface area contributed by atoms with Gasteiger partial charge in [0.25, 0.3) is 0 Å². The van der Waals surface area contributed by atoms with Crippen LogP contribution in [-0.4, -0.2) is 49.5 Å². The third-order valence-corrected chi connectivity index (χ3v) is 3.33. The SMILES string of the molecule is COc1ccc(C#CCO)c(CN2CCOC(C)C2)c1. The molecule has 0 bridgehead atoms. The van der Waals surface area contributed by atoms with Crippen LogP contribution in [0.15, 0.2) is 18.2 Å². The molecule has 0 aliphatic carbocycles. The zero-order valence-electron chi connectivity index (χ0n) is 12.1. The molecule has 1 fully saturated rings. The molecule has 0 radical (unpaired) electrons. The van der Waals surface area contributed by atoms with Crippen LogP contribution in [0.2, 0.25) is 0 Å². The number of benzene rings is 1. The van der Waals surface area contributed by atoms with Gasteiger partial charge in [-0.3, -0.25) is 4.90 Å². The molecule has 1 N–H and O–H groups in total. The number of methoxy groups -OCH3 is 1. The molecule has 1 atom stereocenters. The first-order chi connectivity index (χ1) is 9.72. The summed E-state index contributed by atoms with van der Waals surface area (Å²) in [6, 6.07) is 5.86. The van der Waals surface area contributed by atoms with Crippen LogP contribution in [0, 0.1) is 11.8 Å². The molecule has 1 heterocycles. The largest absolute Gasteiger partial charge is 0.497 e. The first kappa shape index (κ1) is 14.9. The number of rotatable bonds is 3. The first-order valence-corrected chi connectivity index (χ1v) is 6.83. The maximum absolute atomic E-state index is 8.85. The zero-order valence-corrected chi connectivity index (χ0v) is 12.1. The molecule has 0 spiro atoms. The molecule has 1 aromatic carbocycles. The molecule has 0 amide bonds. The van der Waals surface area contributed by atoms with Crippen molar-refractivity contribution >= 4 is 0 Å². The summed E-state index contributed by atoms with van der Waals surface area (Å²) in [7, 11) is 1.66. The lowest BCUT2D eigenvalue weighted by Crippen LogP contribution is -2.40. The summed E-state index contributed by atoms with van der Waals surface area (Å²) in [6.45, 7) is 5.39. The van der Waals surface area contributed by atoms with Crippen molar-refractivity contribution in [2.75, 3.05) is 33.4 Å². The van der Waals surface area contributed by atoms with E-state index in [0.29, 0.717) is 0 Å². The molecule has 1 aliphatic rings. The molecular formula is C16H21NO3. The van der Waals surface area contributed by atoms with E-state index >= 15 is 0 Å². The van der Waals surface area contributed by atoms with Gasteiger partial charge in [0.1, 0.15) is 12.4 Å². The third-order valence-electron chi connectivity index (χ3n) is 3.33. The van der Waals surface area contributed by atoms with Gasteiger partial charge in [-0.2, -0.15) is 0 Å². The Balaban J connectivity index is 2.18. The predicted molar refractivity (Wildman–Crippen MR) is 77.6 cm³/mol. The summed E-state index contributed by atoms with van der Waals surface area (Å²) >= 11 is 0. The highest BCUT2D eigenvalue weighted by Crippen LogP contribution is 2.20. The lowest BCUT2D eigenvalue weighted by molar-refractivity contribution is -0.0212. The van der Waals surface area contributed by atoms with Crippen LogP contribution in [0.5, 0.6) is 5.75 Å². The molecule has 1 aromatic rings. The van der Waals surface area contributed by atoms with Crippen LogP contribution in [0.1, 0.15) is 18.1 Å². The van der Waals surface area contributed by atoms with Crippen LogP contribution in [0.3, 0.4) is 0 Å². The summed E-state index contributed by atoms with van der Waals surface area (Å²) < 4.78 is 10.8. The fourth-order valence-corrected chi connectivity index (χ4v) is 2.36. The van der Waals surface area contributed by atoms with E-state index in [1.807, 2.05) is 18.2 Å². The van der Waals surface area contributed by atoms with E-state index in [1.54, 1.807) is 7.11 Å². The number of aliphatic hydroxyl groups is 1. The van der Waals surface area contributed by atoms with E-state index in [0.717, 1.165) is 43.1 Å². The maximum atomic E-state index is 8.85. The molecule has 0 saturated carbocycles. The van der Waals surface area contributed by atoms with Gasteiger partial charge in [0.2, 0.25) is 0 Å². The number of nitrogens with zero attached hydrogens (tertiary/aromatic N) is 1. The van der Waals surface area contributed by atoms with Gasteiger partial charge in [0.05, 0.1) is 19.8 Å². The summed E-state index contributed by atoms with van der Waals surface area (Å²) in [5.74, 6) is 6.54. The van der Waals surface area contributed by atoms with Gasteiger partial charge in [-0.05, 0) is 30.7 Å². The molecule has 4 heteroatoms.